The van der Waals surface area contributed by atoms with Gasteiger partial charge < -0.3 is 39.8 Å². The summed E-state index contributed by atoms with van der Waals surface area (Å²) < 4.78 is 43.3. The fraction of sp³-hybridized carbons (Fsp3) is 0.200. The lowest BCUT2D eigenvalue weighted by atomic mass is 10.0. The van der Waals surface area contributed by atoms with Gasteiger partial charge in [0.05, 0.1) is 44.2 Å². The van der Waals surface area contributed by atoms with Gasteiger partial charge in [-0.3, -0.25) is 0 Å². The molecule has 16 nitrogen and oxygen atoms in total. The Morgan fingerprint density at radius 2 is 1.16 bits per heavy atom. The molecule has 4 heterocycles. The molecule has 0 aliphatic carbocycles. The van der Waals surface area contributed by atoms with Crippen molar-refractivity contribution in [3.63, 3.8) is 0 Å². The predicted molar refractivity (Wildman–Crippen MR) is 252 cm³/mol. The second-order valence-corrected chi connectivity index (χ2v) is 14.9. The van der Waals surface area contributed by atoms with Gasteiger partial charge in [0.15, 0.2) is 0 Å². The van der Waals surface area contributed by atoms with Gasteiger partial charge in [-0.25, -0.2) is 28.3 Å². The van der Waals surface area contributed by atoms with Crippen LogP contribution in [0.2, 0.25) is 0 Å². The zero-order chi connectivity index (χ0) is 47.8. The Morgan fingerprint density at radius 1 is 0.706 bits per heavy atom. The molecule has 0 atom stereocenters. The summed E-state index contributed by atoms with van der Waals surface area (Å²) in [4.78, 5) is 45.1. The van der Waals surface area contributed by atoms with Crippen molar-refractivity contribution in [1.82, 2.24) is 19.9 Å². The Hall–Kier alpha value is -8.58. The van der Waals surface area contributed by atoms with Crippen LogP contribution in [0.4, 0.5) is 43.7 Å². The Labute approximate surface area is 390 Å². The van der Waals surface area contributed by atoms with Gasteiger partial charge in [-0.05, 0) is 89.9 Å². The molecule has 0 spiro atoms. The van der Waals surface area contributed by atoms with Crippen LogP contribution >= 0.6 is 0 Å². The first kappa shape index (κ1) is 47.4. The quantitative estimate of drug-likeness (QED) is 0.0737. The van der Waals surface area contributed by atoms with Crippen molar-refractivity contribution in [2.24, 2.45) is 0 Å². The molecular formula is C50H44F2N10O6. The minimum absolute atomic E-state index is 0.0623. The molecule has 2 aromatic heterocycles. The van der Waals surface area contributed by atoms with Crippen LogP contribution in [-0.2, 0) is 23.8 Å². The van der Waals surface area contributed by atoms with E-state index in [9.17, 15) is 18.4 Å². The van der Waals surface area contributed by atoms with Crippen LogP contribution in [-0.4, -0.2) is 96.2 Å². The number of halogens is 2. The molecule has 0 radical (unpaired) electrons. The number of nitriles is 2. The molecule has 68 heavy (non-hydrogen) atoms. The molecule has 3 N–H and O–H groups in total. The van der Waals surface area contributed by atoms with Crippen molar-refractivity contribution in [1.29, 1.82) is 10.5 Å². The molecule has 344 valence electrons. The van der Waals surface area contributed by atoms with Crippen molar-refractivity contribution in [2.75, 3.05) is 79.6 Å². The van der Waals surface area contributed by atoms with Crippen LogP contribution in [0.5, 0.6) is 0 Å². The van der Waals surface area contributed by atoms with Crippen molar-refractivity contribution < 1.29 is 37.7 Å². The molecular weight excluding hydrogens is 875 g/mol. The fourth-order valence-corrected chi connectivity index (χ4v) is 7.08. The molecule has 4 aromatic carbocycles. The number of aromatic nitrogens is 4. The summed E-state index contributed by atoms with van der Waals surface area (Å²) in [7, 11) is 0. The minimum atomic E-state index is -1.02. The zero-order valence-corrected chi connectivity index (χ0v) is 36.7. The normalized spacial score (nSPS) is 13.5. The van der Waals surface area contributed by atoms with E-state index in [1.807, 2.05) is 60.7 Å². The number of hydrogen-bond acceptors (Lipinski definition) is 15. The Kier molecular flexibility index (Phi) is 16.1. The number of ether oxygens (including phenoxy) is 3. The maximum Gasteiger partial charge on any atom is 0.330 e. The average Bonchev–Trinajstić information content (AvgIpc) is 3.37. The second kappa shape index (κ2) is 23.0. The molecule has 0 bridgehead atoms. The monoisotopic (exact) mass is 918 g/mol. The number of aliphatic carboxylic acids is 1. The van der Waals surface area contributed by atoms with Gasteiger partial charge in [0.25, 0.3) is 0 Å². The van der Waals surface area contributed by atoms with E-state index in [2.05, 4.69) is 30.4 Å². The number of nitrogens with zero attached hydrogens (tertiary/aromatic N) is 8. The van der Waals surface area contributed by atoms with E-state index < -0.39 is 23.6 Å². The number of hydrogen-bond donors (Lipinski definition) is 3. The lowest BCUT2D eigenvalue weighted by Crippen LogP contribution is -2.37. The summed E-state index contributed by atoms with van der Waals surface area (Å²) in [6.07, 6.45) is 9.13. The van der Waals surface area contributed by atoms with Crippen molar-refractivity contribution in [3.8, 4) is 34.4 Å². The highest BCUT2D eigenvalue weighted by atomic mass is 19.1. The van der Waals surface area contributed by atoms with Crippen LogP contribution in [0, 0.1) is 34.3 Å². The van der Waals surface area contributed by atoms with Gasteiger partial charge in [-0.15, -0.1) is 0 Å². The largest absolute Gasteiger partial charge is 0.478 e. The van der Waals surface area contributed by atoms with Crippen molar-refractivity contribution >= 4 is 59.0 Å². The molecule has 2 aliphatic heterocycles. The smallest absolute Gasteiger partial charge is 0.330 e. The molecule has 2 saturated heterocycles. The zero-order valence-electron chi connectivity index (χ0n) is 36.7. The number of morpholine rings is 2. The van der Waals surface area contributed by atoms with Crippen molar-refractivity contribution in [3.05, 3.63) is 143 Å². The Balaban J connectivity index is 0.000000202. The molecule has 6 aromatic rings. The van der Waals surface area contributed by atoms with Gasteiger partial charge in [0.1, 0.15) is 35.4 Å². The summed E-state index contributed by atoms with van der Waals surface area (Å²) in [5, 5.41) is 33.2. The third-order valence-corrected chi connectivity index (χ3v) is 10.4. The highest BCUT2D eigenvalue weighted by Crippen LogP contribution is 2.33. The lowest BCUT2D eigenvalue weighted by Gasteiger charge is -2.29. The Bertz CT molecular complexity index is 2920. The molecule has 0 unspecified atom stereocenters. The van der Waals surface area contributed by atoms with Crippen LogP contribution in [0.3, 0.4) is 0 Å². The minimum Gasteiger partial charge on any atom is -0.478 e. The van der Waals surface area contributed by atoms with E-state index in [0.717, 1.165) is 45.3 Å². The highest BCUT2D eigenvalue weighted by Gasteiger charge is 2.21. The van der Waals surface area contributed by atoms with Crippen LogP contribution in [0.1, 0.15) is 29.2 Å². The third-order valence-electron chi connectivity index (χ3n) is 10.4. The number of carboxylic acid groups (broad SMARTS) is 1. The molecule has 0 saturated carbocycles. The van der Waals surface area contributed by atoms with E-state index in [1.165, 1.54) is 48.6 Å². The number of anilines is 6. The number of carbonyl (C=O) groups excluding carboxylic acids is 1. The van der Waals surface area contributed by atoms with Gasteiger partial charge in [0, 0.05) is 73.2 Å². The summed E-state index contributed by atoms with van der Waals surface area (Å²) in [6, 6.07) is 27.1. The van der Waals surface area contributed by atoms with Gasteiger partial charge in [-0.1, -0.05) is 36.4 Å². The van der Waals surface area contributed by atoms with E-state index in [1.54, 1.807) is 25.4 Å². The summed E-state index contributed by atoms with van der Waals surface area (Å²) in [5.74, 6) is -0.551. The standard InChI is InChI=1S/C26H24FN5O3.C24H20FN5O3/c1-2-35-24(33)9-6-18-4-3-5-19(14-18)22-17-29-26(31-25(22)32-10-12-34-13-11-32)30-21-7-8-23(27)20(15-21)16-28;25-21-6-5-19(13-18(21)14-26)28-24-27-15-20(23(29-24)30-8-10-33-11-9-30)17-3-1-2-16(12-17)4-7-22(31)32/h3-9,14-15,17H,2,10-13H2,1H3,(H,29,30,31);1-7,12-13,15H,8-11H2,(H,31,32)(H,27,28,29)/b9-6+;7-4+. The topological polar surface area (TPSA) is 212 Å². The van der Waals surface area contributed by atoms with E-state index in [-0.39, 0.29) is 11.1 Å². The SMILES string of the molecule is CCOC(=O)/C=C/c1cccc(-c2cnc(Nc3ccc(F)c(C#N)c3)nc2N2CCOCC2)c1.N#Cc1cc(Nc2ncc(-c3cccc(/C=C/C(=O)O)c3)c(N3CCOCC3)n2)ccc1F. The summed E-state index contributed by atoms with van der Waals surface area (Å²) in [5.41, 5.74) is 5.77. The molecule has 8 rings (SSSR count). The van der Waals surface area contributed by atoms with Gasteiger partial charge in [0.2, 0.25) is 11.9 Å². The van der Waals surface area contributed by atoms with E-state index in [0.29, 0.717) is 88.3 Å². The molecule has 2 aliphatic rings. The summed E-state index contributed by atoms with van der Waals surface area (Å²) in [6.45, 7) is 7.01. The first-order chi connectivity index (χ1) is 33.1. The van der Waals surface area contributed by atoms with Gasteiger partial charge in [-0.2, -0.15) is 20.5 Å². The third kappa shape index (κ3) is 12.6. The predicted octanol–water partition coefficient (Wildman–Crippen LogP) is 8.14. The van der Waals surface area contributed by atoms with Crippen LogP contribution < -0.4 is 20.4 Å². The van der Waals surface area contributed by atoms with E-state index in [4.69, 9.17) is 39.8 Å². The lowest BCUT2D eigenvalue weighted by molar-refractivity contribution is -0.137. The molecule has 2 fully saturated rings. The first-order valence-electron chi connectivity index (χ1n) is 21.4. The number of esters is 1. The average molecular weight is 919 g/mol. The highest BCUT2D eigenvalue weighted by molar-refractivity contribution is 5.88. The number of rotatable bonds is 13. The van der Waals surface area contributed by atoms with Crippen LogP contribution in [0.25, 0.3) is 34.4 Å². The molecule has 18 heteroatoms. The first-order valence-corrected chi connectivity index (χ1v) is 21.4. The van der Waals surface area contributed by atoms with Gasteiger partial charge >= 0.3 is 11.9 Å². The number of benzene rings is 4. The van der Waals surface area contributed by atoms with Crippen molar-refractivity contribution in [2.45, 2.75) is 6.92 Å². The Morgan fingerprint density at radius 3 is 1.59 bits per heavy atom. The number of carboxylic acids is 1. The second-order valence-electron chi connectivity index (χ2n) is 14.9. The fourth-order valence-electron chi connectivity index (χ4n) is 7.08. The summed E-state index contributed by atoms with van der Waals surface area (Å²) >= 11 is 0. The number of nitrogens with one attached hydrogen (secondary N) is 2. The van der Waals surface area contributed by atoms with E-state index >= 15 is 0 Å². The molecule has 0 amide bonds. The van der Waals surface area contributed by atoms with Crippen LogP contribution in [0.15, 0.2) is 109 Å². The maximum atomic E-state index is 13.7. The maximum absolute atomic E-state index is 13.7. The number of carbonyl (C=O) groups is 2.